The molecule has 0 spiro atoms. The fraction of sp³-hybridized carbons (Fsp3) is 0.250. The third-order valence-electron chi connectivity index (χ3n) is 4.70. The lowest BCUT2D eigenvalue weighted by Crippen LogP contribution is -2.17. The summed E-state index contributed by atoms with van der Waals surface area (Å²) in [6.45, 7) is 2.37. The Morgan fingerprint density at radius 1 is 1.04 bits per heavy atom. The van der Waals surface area contributed by atoms with Crippen molar-refractivity contribution in [2.75, 3.05) is 4.72 Å². The summed E-state index contributed by atoms with van der Waals surface area (Å²) in [5.41, 5.74) is 4.23. The summed E-state index contributed by atoms with van der Waals surface area (Å²) >= 11 is 0. The zero-order chi connectivity index (χ0) is 18.1. The smallest absolute Gasteiger partial charge is 0.263 e. The fourth-order valence-electron chi connectivity index (χ4n) is 3.42. The van der Waals surface area contributed by atoms with Crippen LogP contribution < -0.4 is 4.72 Å². The number of aryl methyl sites for hydroxylation is 3. The minimum absolute atomic E-state index is 0.309. The van der Waals surface area contributed by atoms with E-state index in [9.17, 15) is 8.42 Å². The topological polar surface area (TPSA) is 64.0 Å². The van der Waals surface area contributed by atoms with Crippen LogP contribution in [0, 0.1) is 6.92 Å². The van der Waals surface area contributed by atoms with Gasteiger partial charge in [-0.3, -0.25) is 4.72 Å². The second kappa shape index (κ2) is 6.61. The van der Waals surface area contributed by atoms with Gasteiger partial charge in [0.05, 0.1) is 17.1 Å². The van der Waals surface area contributed by atoms with Gasteiger partial charge in [0, 0.05) is 6.07 Å². The van der Waals surface area contributed by atoms with E-state index >= 15 is 0 Å². The van der Waals surface area contributed by atoms with Gasteiger partial charge in [-0.1, -0.05) is 36.4 Å². The average molecular weight is 367 g/mol. The van der Waals surface area contributed by atoms with Crippen molar-refractivity contribution in [3.05, 3.63) is 77.0 Å². The molecule has 0 radical (unpaired) electrons. The van der Waals surface area contributed by atoms with E-state index in [-0.39, 0.29) is 0 Å². The van der Waals surface area contributed by atoms with Crippen LogP contribution >= 0.6 is 0 Å². The van der Waals surface area contributed by atoms with Crippen LogP contribution in [0.2, 0.25) is 0 Å². The fourth-order valence-corrected chi connectivity index (χ4v) is 4.52. The van der Waals surface area contributed by atoms with Crippen molar-refractivity contribution < 1.29 is 8.42 Å². The highest BCUT2D eigenvalue weighted by Crippen LogP contribution is 2.26. The molecule has 0 saturated heterocycles. The maximum Gasteiger partial charge on any atom is 0.263 e. The Balaban J connectivity index is 1.62. The Hall–Kier alpha value is -2.60. The molecule has 1 N–H and O–H groups in total. The molecule has 3 aromatic rings. The van der Waals surface area contributed by atoms with Crippen LogP contribution in [0.5, 0.6) is 0 Å². The van der Waals surface area contributed by atoms with Gasteiger partial charge in [-0.25, -0.2) is 13.1 Å². The SMILES string of the molecule is Cc1cc(NS(=O)(=O)c2ccc3c(c2)CCC3)n(Cc2ccccc2)n1. The Labute approximate surface area is 153 Å². The number of sulfonamides is 1. The molecule has 6 heteroatoms. The molecule has 134 valence electrons. The molecule has 0 fully saturated rings. The van der Waals surface area contributed by atoms with Crippen LogP contribution in [0.1, 0.15) is 28.8 Å². The zero-order valence-electron chi connectivity index (χ0n) is 14.6. The molecule has 0 unspecified atom stereocenters. The summed E-state index contributed by atoms with van der Waals surface area (Å²) in [6.07, 6.45) is 3.07. The highest BCUT2D eigenvalue weighted by molar-refractivity contribution is 7.92. The van der Waals surface area contributed by atoms with E-state index in [0.717, 1.165) is 36.1 Å². The first kappa shape index (κ1) is 16.8. The van der Waals surface area contributed by atoms with Gasteiger partial charge >= 0.3 is 0 Å². The molecule has 26 heavy (non-hydrogen) atoms. The number of fused-ring (bicyclic) bond motifs is 1. The number of rotatable bonds is 5. The number of nitrogens with one attached hydrogen (secondary N) is 1. The number of aromatic nitrogens is 2. The van der Waals surface area contributed by atoms with Crippen LogP contribution in [0.25, 0.3) is 0 Å². The highest BCUT2D eigenvalue weighted by Gasteiger charge is 2.20. The quantitative estimate of drug-likeness (QED) is 0.750. The molecular formula is C20H21N3O2S. The van der Waals surface area contributed by atoms with Crippen molar-refractivity contribution in [2.45, 2.75) is 37.6 Å². The molecule has 1 heterocycles. The van der Waals surface area contributed by atoms with Crippen molar-refractivity contribution in [2.24, 2.45) is 0 Å². The molecule has 5 nitrogen and oxygen atoms in total. The van der Waals surface area contributed by atoms with E-state index in [4.69, 9.17) is 0 Å². The Morgan fingerprint density at radius 2 is 1.81 bits per heavy atom. The lowest BCUT2D eigenvalue weighted by molar-refractivity contribution is 0.599. The minimum atomic E-state index is -3.65. The summed E-state index contributed by atoms with van der Waals surface area (Å²) in [7, 11) is -3.65. The average Bonchev–Trinajstić information content (AvgIpc) is 3.21. The predicted octanol–water partition coefficient (Wildman–Crippen LogP) is 3.53. The van der Waals surface area contributed by atoms with Gasteiger partial charge in [0.15, 0.2) is 0 Å². The standard InChI is InChI=1S/C20H21N3O2S/c1-15-12-20(23(21-15)14-16-6-3-2-4-7-16)22-26(24,25)19-11-10-17-8-5-9-18(17)13-19/h2-4,6-7,10-13,22H,5,8-9,14H2,1H3. The van der Waals surface area contributed by atoms with E-state index in [2.05, 4.69) is 9.82 Å². The summed E-state index contributed by atoms with van der Waals surface area (Å²) in [5, 5.41) is 4.43. The van der Waals surface area contributed by atoms with Crippen molar-refractivity contribution >= 4 is 15.8 Å². The van der Waals surface area contributed by atoms with Crippen molar-refractivity contribution in [3.63, 3.8) is 0 Å². The first-order chi connectivity index (χ1) is 12.5. The number of hydrogen-bond donors (Lipinski definition) is 1. The van der Waals surface area contributed by atoms with Gasteiger partial charge in [-0.2, -0.15) is 5.10 Å². The summed E-state index contributed by atoms with van der Waals surface area (Å²) < 4.78 is 30.1. The highest BCUT2D eigenvalue weighted by atomic mass is 32.2. The van der Waals surface area contributed by atoms with Crippen LogP contribution in [-0.4, -0.2) is 18.2 Å². The van der Waals surface area contributed by atoms with Gasteiger partial charge in [-0.05, 0) is 55.0 Å². The normalized spacial score (nSPS) is 13.6. The Kier molecular flexibility index (Phi) is 4.28. The van der Waals surface area contributed by atoms with E-state index in [1.165, 1.54) is 5.56 Å². The van der Waals surface area contributed by atoms with Crippen LogP contribution in [0.15, 0.2) is 59.5 Å². The maximum absolute atomic E-state index is 12.9. The monoisotopic (exact) mass is 367 g/mol. The Morgan fingerprint density at radius 3 is 2.62 bits per heavy atom. The molecule has 1 aromatic heterocycles. The lowest BCUT2D eigenvalue weighted by Gasteiger charge is -2.12. The van der Waals surface area contributed by atoms with E-state index in [0.29, 0.717) is 17.3 Å². The van der Waals surface area contributed by atoms with Crippen molar-refractivity contribution in [1.29, 1.82) is 0 Å². The van der Waals surface area contributed by atoms with E-state index in [1.807, 2.05) is 43.3 Å². The lowest BCUT2D eigenvalue weighted by atomic mass is 10.1. The molecule has 1 aliphatic carbocycles. The van der Waals surface area contributed by atoms with Crippen LogP contribution in [0.3, 0.4) is 0 Å². The van der Waals surface area contributed by atoms with E-state index in [1.54, 1.807) is 22.9 Å². The van der Waals surface area contributed by atoms with Gasteiger partial charge in [0.25, 0.3) is 10.0 Å². The molecule has 1 aliphatic rings. The molecule has 0 atom stereocenters. The first-order valence-corrected chi connectivity index (χ1v) is 10.2. The van der Waals surface area contributed by atoms with E-state index < -0.39 is 10.0 Å². The van der Waals surface area contributed by atoms with Gasteiger partial charge in [0.2, 0.25) is 0 Å². The number of anilines is 1. The third kappa shape index (κ3) is 3.37. The van der Waals surface area contributed by atoms with Gasteiger partial charge in [-0.15, -0.1) is 0 Å². The molecule has 0 bridgehead atoms. The molecule has 0 amide bonds. The van der Waals surface area contributed by atoms with Gasteiger partial charge < -0.3 is 0 Å². The molecular weight excluding hydrogens is 346 g/mol. The third-order valence-corrected chi connectivity index (χ3v) is 6.05. The summed E-state index contributed by atoms with van der Waals surface area (Å²) in [5.74, 6) is 0.479. The van der Waals surface area contributed by atoms with Crippen LogP contribution in [0.4, 0.5) is 5.82 Å². The second-order valence-electron chi connectivity index (χ2n) is 6.70. The number of nitrogens with zero attached hydrogens (tertiary/aromatic N) is 2. The molecule has 2 aromatic carbocycles. The van der Waals surface area contributed by atoms with Crippen LogP contribution in [-0.2, 0) is 29.4 Å². The van der Waals surface area contributed by atoms with Gasteiger partial charge in [0.1, 0.15) is 5.82 Å². The maximum atomic E-state index is 12.9. The second-order valence-corrected chi connectivity index (χ2v) is 8.39. The minimum Gasteiger partial charge on any atom is -0.264 e. The van der Waals surface area contributed by atoms with Crippen molar-refractivity contribution in [3.8, 4) is 0 Å². The molecule has 0 aliphatic heterocycles. The zero-order valence-corrected chi connectivity index (χ0v) is 15.5. The summed E-state index contributed by atoms with van der Waals surface area (Å²) in [6, 6.07) is 17.0. The molecule has 4 rings (SSSR count). The largest absolute Gasteiger partial charge is 0.264 e. The molecule has 0 saturated carbocycles. The first-order valence-electron chi connectivity index (χ1n) is 8.74. The predicted molar refractivity (Wildman–Crippen MR) is 102 cm³/mol. The number of benzene rings is 2. The number of hydrogen-bond acceptors (Lipinski definition) is 3. The summed E-state index contributed by atoms with van der Waals surface area (Å²) in [4.78, 5) is 0.309. The Bertz CT molecular complexity index is 1040. The van der Waals surface area contributed by atoms with Crippen molar-refractivity contribution in [1.82, 2.24) is 9.78 Å².